The zero-order chi connectivity index (χ0) is 19.5. The Labute approximate surface area is 168 Å². The third-order valence-corrected chi connectivity index (χ3v) is 5.57. The fraction of sp³-hybridized carbons (Fsp3) is 0.450. The molecule has 1 aliphatic rings. The van der Waals surface area contributed by atoms with Crippen molar-refractivity contribution in [3.05, 3.63) is 51.5 Å². The summed E-state index contributed by atoms with van der Waals surface area (Å²) < 4.78 is 6.00. The monoisotopic (exact) mass is 396 g/mol. The van der Waals surface area contributed by atoms with Gasteiger partial charge in [-0.25, -0.2) is 4.98 Å². The van der Waals surface area contributed by atoms with E-state index in [0.29, 0.717) is 30.9 Å². The van der Waals surface area contributed by atoms with Gasteiger partial charge in [0.15, 0.2) is 0 Å². The second-order valence-electron chi connectivity index (χ2n) is 7.10. The molecule has 0 radical (unpaired) electrons. The van der Waals surface area contributed by atoms with E-state index in [1.54, 1.807) is 11.3 Å². The molecular weight excluding hydrogens is 372 g/mol. The van der Waals surface area contributed by atoms with Crippen molar-refractivity contribution < 1.29 is 4.74 Å². The molecule has 0 aromatic carbocycles. The maximum absolute atomic E-state index is 6.00. The molecule has 1 saturated carbocycles. The summed E-state index contributed by atoms with van der Waals surface area (Å²) in [5.41, 5.74) is 2.35. The van der Waals surface area contributed by atoms with E-state index in [9.17, 15) is 0 Å². The molecular formula is C20H24N6OS. The van der Waals surface area contributed by atoms with Crippen LogP contribution in [0, 0.1) is 19.8 Å². The van der Waals surface area contributed by atoms with Crippen LogP contribution in [0.15, 0.2) is 24.4 Å². The number of hydrogen-bond acceptors (Lipinski definition) is 8. The Morgan fingerprint density at radius 1 is 1.21 bits per heavy atom. The fourth-order valence-electron chi connectivity index (χ4n) is 3.06. The summed E-state index contributed by atoms with van der Waals surface area (Å²) in [4.78, 5) is 13.6. The Morgan fingerprint density at radius 3 is 2.82 bits per heavy atom. The van der Waals surface area contributed by atoms with Crippen molar-refractivity contribution >= 4 is 17.2 Å². The predicted molar refractivity (Wildman–Crippen MR) is 109 cm³/mol. The molecule has 0 amide bonds. The molecule has 1 aliphatic carbocycles. The zero-order valence-corrected chi connectivity index (χ0v) is 17.2. The molecule has 7 nitrogen and oxygen atoms in total. The summed E-state index contributed by atoms with van der Waals surface area (Å²) in [6.07, 6.45) is 3.80. The van der Waals surface area contributed by atoms with Gasteiger partial charge < -0.3 is 10.1 Å². The van der Waals surface area contributed by atoms with Gasteiger partial charge in [-0.3, -0.25) is 4.98 Å². The first kappa shape index (κ1) is 18.7. The van der Waals surface area contributed by atoms with Gasteiger partial charge >= 0.3 is 0 Å². The summed E-state index contributed by atoms with van der Waals surface area (Å²) in [5, 5.41) is 13.4. The lowest BCUT2D eigenvalue weighted by Crippen LogP contribution is -2.08. The molecule has 2 atom stereocenters. The first-order valence-corrected chi connectivity index (χ1v) is 10.4. The van der Waals surface area contributed by atoms with Crippen LogP contribution in [0.4, 0.5) is 5.82 Å². The van der Waals surface area contributed by atoms with E-state index in [1.807, 2.05) is 26.1 Å². The minimum atomic E-state index is 0.492. The summed E-state index contributed by atoms with van der Waals surface area (Å²) in [7, 11) is 0. The molecule has 0 bridgehead atoms. The van der Waals surface area contributed by atoms with Crippen LogP contribution in [0.5, 0.6) is 5.88 Å². The molecule has 146 valence electrons. The summed E-state index contributed by atoms with van der Waals surface area (Å²) in [6, 6.07) is 6.10. The molecule has 3 aromatic rings. The number of rotatable bonds is 8. The van der Waals surface area contributed by atoms with E-state index < -0.39 is 0 Å². The van der Waals surface area contributed by atoms with E-state index in [1.165, 1.54) is 5.56 Å². The lowest BCUT2D eigenvalue weighted by Gasteiger charge is -2.10. The van der Waals surface area contributed by atoms with Crippen LogP contribution in [0.2, 0.25) is 0 Å². The van der Waals surface area contributed by atoms with Crippen LogP contribution in [0.3, 0.4) is 0 Å². The molecule has 8 heteroatoms. The minimum absolute atomic E-state index is 0.492. The SMILES string of the molecule is CCc1nc(NCc2nnc(C)s2)cc(OCC2CC2c2ccc(C)cn2)n1. The standard InChI is InChI=1S/C20H24N6OS/c1-4-17-23-18(22-10-20-26-25-13(3)28-20)8-19(24-17)27-11-14-7-15(14)16-6-5-12(2)9-21-16/h5-6,8-9,14-15H,4,7,10-11H2,1-3H3,(H,22,23,24). The van der Waals surface area contributed by atoms with Crippen LogP contribution < -0.4 is 10.1 Å². The highest BCUT2D eigenvalue weighted by Gasteiger charge is 2.40. The fourth-order valence-corrected chi connectivity index (χ4v) is 3.70. The van der Waals surface area contributed by atoms with Crippen LogP contribution in [-0.4, -0.2) is 31.8 Å². The third-order valence-electron chi connectivity index (χ3n) is 4.74. The predicted octanol–water partition coefficient (Wildman–Crippen LogP) is 3.70. The lowest BCUT2D eigenvalue weighted by molar-refractivity contribution is 0.284. The molecule has 1 fully saturated rings. The molecule has 0 aliphatic heterocycles. The smallest absolute Gasteiger partial charge is 0.218 e. The Balaban J connectivity index is 1.35. The normalized spacial score (nSPS) is 18.1. The van der Waals surface area contributed by atoms with Gasteiger partial charge in [0.05, 0.1) is 13.2 Å². The number of aromatic nitrogens is 5. The second-order valence-corrected chi connectivity index (χ2v) is 8.37. The van der Waals surface area contributed by atoms with Gasteiger partial charge in [0.1, 0.15) is 21.7 Å². The minimum Gasteiger partial charge on any atom is -0.477 e. The number of ether oxygens (including phenoxy) is 1. The van der Waals surface area contributed by atoms with Gasteiger partial charge in [-0.1, -0.05) is 24.3 Å². The average molecular weight is 397 g/mol. The van der Waals surface area contributed by atoms with Crippen molar-refractivity contribution in [2.75, 3.05) is 11.9 Å². The van der Waals surface area contributed by atoms with E-state index in [0.717, 1.165) is 40.2 Å². The number of nitrogens with one attached hydrogen (secondary N) is 1. The number of nitrogens with zero attached hydrogens (tertiary/aromatic N) is 5. The van der Waals surface area contributed by atoms with Crippen LogP contribution in [0.1, 0.15) is 46.4 Å². The van der Waals surface area contributed by atoms with Crippen molar-refractivity contribution in [3.8, 4) is 5.88 Å². The Hall–Kier alpha value is -2.61. The quantitative estimate of drug-likeness (QED) is 0.621. The third kappa shape index (κ3) is 4.62. The van der Waals surface area contributed by atoms with Crippen LogP contribution in [-0.2, 0) is 13.0 Å². The van der Waals surface area contributed by atoms with Crippen molar-refractivity contribution in [2.24, 2.45) is 5.92 Å². The van der Waals surface area contributed by atoms with Crippen molar-refractivity contribution in [1.82, 2.24) is 25.1 Å². The Bertz CT molecular complexity index is 942. The largest absolute Gasteiger partial charge is 0.477 e. The molecule has 1 N–H and O–H groups in total. The van der Waals surface area contributed by atoms with Crippen LogP contribution in [0.25, 0.3) is 0 Å². The maximum Gasteiger partial charge on any atom is 0.218 e. The number of pyridine rings is 1. The maximum atomic E-state index is 6.00. The first-order valence-electron chi connectivity index (χ1n) is 9.57. The lowest BCUT2D eigenvalue weighted by atomic mass is 10.2. The van der Waals surface area contributed by atoms with Crippen molar-refractivity contribution in [1.29, 1.82) is 0 Å². The molecule has 0 spiro atoms. The molecule has 0 saturated heterocycles. The molecule has 4 rings (SSSR count). The Kier molecular flexibility index (Phi) is 5.47. The highest BCUT2D eigenvalue weighted by Crippen LogP contribution is 2.46. The Morgan fingerprint density at radius 2 is 2.11 bits per heavy atom. The summed E-state index contributed by atoms with van der Waals surface area (Å²) in [6.45, 7) is 7.29. The topological polar surface area (TPSA) is 85.7 Å². The van der Waals surface area contributed by atoms with Gasteiger partial charge in [0, 0.05) is 36.2 Å². The number of hydrogen-bond donors (Lipinski definition) is 1. The van der Waals surface area contributed by atoms with Gasteiger partial charge in [-0.15, -0.1) is 10.2 Å². The van der Waals surface area contributed by atoms with Gasteiger partial charge in [-0.2, -0.15) is 4.98 Å². The van der Waals surface area contributed by atoms with Gasteiger partial charge in [-0.05, 0) is 31.9 Å². The van der Waals surface area contributed by atoms with Gasteiger partial charge in [0.2, 0.25) is 5.88 Å². The molecule has 2 unspecified atom stereocenters. The van der Waals surface area contributed by atoms with Crippen molar-refractivity contribution in [3.63, 3.8) is 0 Å². The summed E-state index contributed by atoms with van der Waals surface area (Å²) >= 11 is 1.58. The van der Waals surface area contributed by atoms with E-state index in [2.05, 4.69) is 49.5 Å². The van der Waals surface area contributed by atoms with E-state index >= 15 is 0 Å². The van der Waals surface area contributed by atoms with Crippen LogP contribution >= 0.6 is 11.3 Å². The first-order chi connectivity index (χ1) is 13.6. The second kappa shape index (κ2) is 8.18. The average Bonchev–Trinajstić information content (AvgIpc) is 3.37. The highest BCUT2D eigenvalue weighted by atomic mass is 32.1. The highest BCUT2D eigenvalue weighted by molar-refractivity contribution is 7.11. The molecule has 3 heterocycles. The van der Waals surface area contributed by atoms with Gasteiger partial charge in [0.25, 0.3) is 0 Å². The van der Waals surface area contributed by atoms with E-state index in [4.69, 9.17) is 4.74 Å². The molecule has 3 aromatic heterocycles. The zero-order valence-electron chi connectivity index (χ0n) is 16.3. The van der Waals surface area contributed by atoms with Crippen molar-refractivity contribution in [2.45, 2.75) is 46.1 Å². The van der Waals surface area contributed by atoms with E-state index in [-0.39, 0.29) is 0 Å². The molecule has 28 heavy (non-hydrogen) atoms. The number of anilines is 1. The summed E-state index contributed by atoms with van der Waals surface area (Å²) in [5.74, 6) is 3.12. The number of aryl methyl sites for hydroxylation is 3.